The highest BCUT2D eigenvalue weighted by atomic mass is 32.2. The van der Waals surface area contributed by atoms with Gasteiger partial charge in [-0.15, -0.1) is 0 Å². The van der Waals surface area contributed by atoms with E-state index in [1.807, 2.05) is 6.07 Å². The second kappa shape index (κ2) is 9.01. The van der Waals surface area contributed by atoms with E-state index in [-0.39, 0.29) is 25.3 Å². The quantitative estimate of drug-likeness (QED) is 0.715. The molecule has 0 saturated heterocycles. The van der Waals surface area contributed by atoms with Crippen molar-refractivity contribution in [2.75, 3.05) is 12.3 Å². The molecule has 2 aromatic rings. The number of rotatable bonds is 8. The van der Waals surface area contributed by atoms with Crippen LogP contribution in [0.1, 0.15) is 16.7 Å². The molecule has 0 atom stereocenters. The zero-order chi connectivity index (χ0) is 19.9. The van der Waals surface area contributed by atoms with Crippen LogP contribution in [-0.2, 0) is 34.0 Å². The highest BCUT2D eigenvalue weighted by molar-refractivity contribution is 7.89. The SMILES string of the molecule is O=C(Cc1ccc(C(F)(F)F)cc1)NCCS(=O)(=O)NCc1ccccc1. The maximum atomic E-state index is 12.5. The van der Waals surface area contributed by atoms with Gasteiger partial charge >= 0.3 is 6.18 Å². The smallest absolute Gasteiger partial charge is 0.355 e. The van der Waals surface area contributed by atoms with Gasteiger partial charge < -0.3 is 5.32 Å². The Kier molecular flexibility index (Phi) is 6.98. The molecule has 0 aliphatic carbocycles. The van der Waals surface area contributed by atoms with Crippen molar-refractivity contribution in [3.8, 4) is 0 Å². The standard InChI is InChI=1S/C18H19F3N2O3S/c19-18(20,21)16-8-6-14(7-9-16)12-17(24)22-10-11-27(25,26)23-13-15-4-2-1-3-5-15/h1-9,23H,10-13H2,(H,22,24). The molecule has 0 heterocycles. The predicted octanol–water partition coefficient (Wildman–Crippen LogP) is 2.48. The maximum Gasteiger partial charge on any atom is 0.416 e. The molecule has 9 heteroatoms. The summed E-state index contributed by atoms with van der Waals surface area (Å²) in [5, 5.41) is 2.45. The number of benzene rings is 2. The van der Waals surface area contributed by atoms with E-state index in [0.29, 0.717) is 5.56 Å². The molecule has 0 spiro atoms. The summed E-state index contributed by atoms with van der Waals surface area (Å²) < 4.78 is 63.7. The van der Waals surface area contributed by atoms with Crippen LogP contribution < -0.4 is 10.0 Å². The third-order valence-corrected chi connectivity index (χ3v) is 5.00. The molecule has 146 valence electrons. The van der Waals surface area contributed by atoms with Gasteiger partial charge in [0.1, 0.15) is 0 Å². The Morgan fingerprint density at radius 1 is 0.926 bits per heavy atom. The lowest BCUT2D eigenvalue weighted by Gasteiger charge is -2.09. The number of sulfonamides is 1. The summed E-state index contributed by atoms with van der Waals surface area (Å²) in [7, 11) is -3.56. The molecule has 1 amide bonds. The molecule has 0 aliphatic rings. The lowest BCUT2D eigenvalue weighted by atomic mass is 10.1. The van der Waals surface area contributed by atoms with Crippen LogP contribution in [-0.4, -0.2) is 26.6 Å². The molecule has 0 saturated carbocycles. The predicted molar refractivity (Wildman–Crippen MR) is 95.2 cm³/mol. The third-order valence-electron chi connectivity index (χ3n) is 3.68. The Bertz CT molecular complexity index is 852. The number of nitrogens with one attached hydrogen (secondary N) is 2. The number of hydrogen-bond donors (Lipinski definition) is 2. The zero-order valence-corrected chi connectivity index (χ0v) is 15.1. The summed E-state index contributed by atoms with van der Waals surface area (Å²) in [5.41, 5.74) is 0.431. The van der Waals surface area contributed by atoms with Crippen LogP contribution in [0.5, 0.6) is 0 Å². The van der Waals surface area contributed by atoms with Gasteiger partial charge in [-0.3, -0.25) is 4.79 Å². The number of alkyl halides is 3. The number of halogens is 3. The fraction of sp³-hybridized carbons (Fsp3) is 0.278. The van der Waals surface area contributed by atoms with Crippen molar-refractivity contribution in [3.05, 3.63) is 71.3 Å². The average molecular weight is 400 g/mol. The molecule has 2 rings (SSSR count). The first kappa shape index (κ1) is 20.9. The van der Waals surface area contributed by atoms with Crippen molar-refractivity contribution in [2.24, 2.45) is 0 Å². The molecule has 0 aliphatic heterocycles. The van der Waals surface area contributed by atoms with Crippen LogP contribution in [0, 0.1) is 0 Å². The van der Waals surface area contributed by atoms with Crippen LogP contribution in [0.4, 0.5) is 13.2 Å². The second-order valence-corrected chi connectivity index (χ2v) is 7.77. The lowest BCUT2D eigenvalue weighted by Crippen LogP contribution is -2.34. The molecular formula is C18H19F3N2O3S. The van der Waals surface area contributed by atoms with Gasteiger partial charge in [0.2, 0.25) is 15.9 Å². The molecular weight excluding hydrogens is 381 g/mol. The van der Waals surface area contributed by atoms with Gasteiger partial charge in [0.15, 0.2) is 0 Å². The fourth-order valence-electron chi connectivity index (χ4n) is 2.25. The van der Waals surface area contributed by atoms with E-state index >= 15 is 0 Å². The van der Waals surface area contributed by atoms with E-state index in [0.717, 1.165) is 17.7 Å². The van der Waals surface area contributed by atoms with Crippen molar-refractivity contribution in [1.82, 2.24) is 10.0 Å². The molecule has 2 N–H and O–H groups in total. The van der Waals surface area contributed by atoms with Crippen molar-refractivity contribution in [1.29, 1.82) is 0 Å². The van der Waals surface area contributed by atoms with E-state index in [2.05, 4.69) is 10.0 Å². The van der Waals surface area contributed by atoms with Gasteiger partial charge in [0.05, 0.1) is 17.7 Å². The van der Waals surface area contributed by atoms with Crippen LogP contribution in [0.3, 0.4) is 0 Å². The Hall–Kier alpha value is -2.39. The minimum atomic E-state index is -4.43. The van der Waals surface area contributed by atoms with E-state index in [9.17, 15) is 26.4 Å². The van der Waals surface area contributed by atoms with Crippen molar-refractivity contribution >= 4 is 15.9 Å². The third kappa shape index (κ3) is 7.40. The number of carbonyl (C=O) groups excluding carboxylic acids is 1. The molecule has 27 heavy (non-hydrogen) atoms. The summed E-state index contributed by atoms with van der Waals surface area (Å²) in [6, 6.07) is 13.2. The van der Waals surface area contributed by atoms with Crippen LogP contribution in [0.15, 0.2) is 54.6 Å². The van der Waals surface area contributed by atoms with Crippen LogP contribution in [0.25, 0.3) is 0 Å². The lowest BCUT2D eigenvalue weighted by molar-refractivity contribution is -0.137. The first-order valence-electron chi connectivity index (χ1n) is 8.10. The Balaban J connectivity index is 1.75. The van der Waals surface area contributed by atoms with Crippen LogP contribution in [0.2, 0.25) is 0 Å². The molecule has 0 fully saturated rings. The first-order valence-corrected chi connectivity index (χ1v) is 9.75. The van der Waals surface area contributed by atoms with Crippen molar-refractivity contribution < 1.29 is 26.4 Å². The van der Waals surface area contributed by atoms with E-state index in [1.54, 1.807) is 24.3 Å². The van der Waals surface area contributed by atoms with E-state index < -0.39 is 27.7 Å². The zero-order valence-electron chi connectivity index (χ0n) is 14.3. The Morgan fingerprint density at radius 2 is 1.56 bits per heavy atom. The van der Waals surface area contributed by atoms with Gasteiger partial charge in [-0.2, -0.15) is 13.2 Å². The highest BCUT2D eigenvalue weighted by Crippen LogP contribution is 2.29. The van der Waals surface area contributed by atoms with Gasteiger partial charge in [-0.05, 0) is 23.3 Å². The summed E-state index contributed by atoms with van der Waals surface area (Å²) in [5.74, 6) is -0.758. The van der Waals surface area contributed by atoms with Gasteiger partial charge in [-0.1, -0.05) is 42.5 Å². The molecule has 5 nitrogen and oxygen atoms in total. The molecule has 0 bridgehead atoms. The normalized spacial score (nSPS) is 12.0. The number of hydrogen-bond acceptors (Lipinski definition) is 3. The molecule has 0 aromatic heterocycles. The largest absolute Gasteiger partial charge is 0.416 e. The van der Waals surface area contributed by atoms with Gasteiger partial charge in [0, 0.05) is 13.1 Å². The first-order chi connectivity index (χ1) is 12.7. The summed E-state index contributed by atoms with van der Waals surface area (Å²) >= 11 is 0. The van der Waals surface area contributed by atoms with Gasteiger partial charge in [-0.25, -0.2) is 13.1 Å². The molecule has 2 aromatic carbocycles. The summed E-state index contributed by atoms with van der Waals surface area (Å²) in [4.78, 5) is 11.8. The van der Waals surface area contributed by atoms with E-state index in [4.69, 9.17) is 0 Å². The van der Waals surface area contributed by atoms with Crippen LogP contribution >= 0.6 is 0 Å². The van der Waals surface area contributed by atoms with Crippen molar-refractivity contribution in [2.45, 2.75) is 19.1 Å². The Labute approximate surface area is 155 Å². The second-order valence-electron chi connectivity index (χ2n) is 5.85. The molecule has 0 radical (unpaired) electrons. The van der Waals surface area contributed by atoms with E-state index in [1.165, 1.54) is 12.1 Å². The maximum absolute atomic E-state index is 12.5. The van der Waals surface area contributed by atoms with Crippen molar-refractivity contribution in [3.63, 3.8) is 0 Å². The minimum absolute atomic E-state index is 0.0937. The fourth-order valence-corrected chi connectivity index (χ4v) is 3.15. The van der Waals surface area contributed by atoms with Gasteiger partial charge in [0.25, 0.3) is 0 Å². The monoisotopic (exact) mass is 400 g/mol. The topological polar surface area (TPSA) is 75.3 Å². The summed E-state index contributed by atoms with van der Waals surface area (Å²) in [6.07, 6.45) is -4.56. The average Bonchev–Trinajstić information content (AvgIpc) is 2.60. The Morgan fingerprint density at radius 3 is 2.15 bits per heavy atom. The minimum Gasteiger partial charge on any atom is -0.355 e. The number of carbonyl (C=O) groups is 1. The molecule has 0 unspecified atom stereocenters. The number of amides is 1. The summed E-state index contributed by atoms with van der Waals surface area (Å²) in [6.45, 7) is 0.0618. The highest BCUT2D eigenvalue weighted by Gasteiger charge is 2.29.